The van der Waals surface area contributed by atoms with E-state index in [4.69, 9.17) is 0 Å². The molecule has 15 heteroatoms. The molecule has 0 aliphatic rings. The quantitative estimate of drug-likeness (QED) is 0.320. The van der Waals surface area contributed by atoms with E-state index in [1.54, 1.807) is 6.92 Å². The Morgan fingerprint density at radius 2 is 1.76 bits per heavy atom. The van der Waals surface area contributed by atoms with Gasteiger partial charge in [0.2, 0.25) is 0 Å². The molecule has 8 nitrogen and oxygen atoms in total. The highest BCUT2D eigenvalue weighted by Crippen LogP contribution is 2.33. The zero-order valence-electron chi connectivity index (χ0n) is 16.8. The van der Waals surface area contributed by atoms with E-state index in [1.165, 1.54) is 23.7 Å². The summed E-state index contributed by atoms with van der Waals surface area (Å²) in [5.41, 5.74) is -0.965. The molecule has 1 unspecified atom stereocenters. The molecule has 4 heterocycles. The van der Waals surface area contributed by atoms with Crippen molar-refractivity contribution in [2.75, 3.05) is 5.75 Å². The summed E-state index contributed by atoms with van der Waals surface area (Å²) < 4.78 is 92.5. The Labute approximate surface area is 184 Å². The molecule has 0 aliphatic carbocycles. The van der Waals surface area contributed by atoms with Crippen LogP contribution in [0.1, 0.15) is 18.3 Å². The monoisotopic (exact) mass is 489 g/mol. The van der Waals surface area contributed by atoms with Crippen LogP contribution in [0, 0.1) is 0 Å². The van der Waals surface area contributed by atoms with Gasteiger partial charge in [0, 0.05) is 13.2 Å². The van der Waals surface area contributed by atoms with Gasteiger partial charge in [-0.05, 0) is 36.3 Å². The van der Waals surface area contributed by atoms with E-state index in [0.29, 0.717) is 6.20 Å². The lowest BCUT2D eigenvalue weighted by atomic mass is 10.2. The summed E-state index contributed by atoms with van der Waals surface area (Å²) in [5.74, 6) is -1.23. The first kappa shape index (κ1) is 23.0. The lowest BCUT2D eigenvalue weighted by Crippen LogP contribution is -2.12. The molecule has 4 aromatic rings. The average molecular weight is 489 g/mol. The first-order valence-electron chi connectivity index (χ1n) is 9.19. The minimum atomic E-state index is -4.77. The predicted molar refractivity (Wildman–Crippen MR) is 104 cm³/mol. The molecule has 0 N–H and O–H groups in total. The summed E-state index contributed by atoms with van der Waals surface area (Å²) in [6, 6.07) is 3.52. The number of imidazole rings is 1. The van der Waals surface area contributed by atoms with Crippen molar-refractivity contribution in [3.63, 3.8) is 0 Å². The highest BCUT2D eigenvalue weighted by molar-refractivity contribution is 7.91. The molecule has 0 radical (unpaired) electrons. The van der Waals surface area contributed by atoms with Crippen molar-refractivity contribution in [2.24, 2.45) is 7.05 Å². The molecule has 0 aliphatic heterocycles. The lowest BCUT2D eigenvalue weighted by Gasteiger charge is -2.13. The summed E-state index contributed by atoms with van der Waals surface area (Å²) in [4.78, 5) is 15.7. The Bertz CT molecular complexity index is 1330. The van der Waals surface area contributed by atoms with Crippen LogP contribution in [-0.4, -0.2) is 44.6 Å². The summed E-state index contributed by atoms with van der Waals surface area (Å²) in [6.45, 7) is 1.65. The number of pyridine rings is 2. The molecule has 0 fully saturated rings. The normalized spacial score (nSPS) is 13.6. The largest absolute Gasteiger partial charge is 0.611 e. The summed E-state index contributed by atoms with van der Waals surface area (Å²) in [7, 11) is 1.48. The van der Waals surface area contributed by atoms with Crippen molar-refractivity contribution in [2.45, 2.75) is 24.2 Å². The summed E-state index contributed by atoms with van der Waals surface area (Å²) >= 11 is -1.57. The van der Waals surface area contributed by atoms with Crippen LogP contribution in [0.4, 0.5) is 26.3 Å². The second-order valence-corrected chi connectivity index (χ2v) is 8.43. The second kappa shape index (κ2) is 7.98. The first-order valence-corrected chi connectivity index (χ1v) is 10.5. The Hall–Kier alpha value is -3.20. The first-order chi connectivity index (χ1) is 15.4. The van der Waals surface area contributed by atoms with E-state index < -0.39 is 34.9 Å². The molecule has 0 saturated carbocycles. The van der Waals surface area contributed by atoms with Crippen LogP contribution in [0.25, 0.3) is 28.5 Å². The minimum absolute atomic E-state index is 0.00537. The molecule has 0 bridgehead atoms. The van der Waals surface area contributed by atoms with Crippen molar-refractivity contribution >= 4 is 22.3 Å². The van der Waals surface area contributed by atoms with Crippen LogP contribution in [0.3, 0.4) is 0 Å². The molecule has 0 saturated heterocycles. The van der Waals surface area contributed by atoms with Gasteiger partial charge in [-0.3, -0.25) is 0 Å². The number of aromatic nitrogens is 7. The van der Waals surface area contributed by atoms with Gasteiger partial charge in [-0.15, -0.1) is 5.10 Å². The molecule has 1 atom stereocenters. The van der Waals surface area contributed by atoms with Crippen LogP contribution in [0.15, 0.2) is 35.6 Å². The third-order valence-corrected chi connectivity index (χ3v) is 5.92. The molecule has 33 heavy (non-hydrogen) atoms. The maximum atomic E-state index is 13.1. The summed E-state index contributed by atoms with van der Waals surface area (Å²) in [6.07, 6.45) is -7.92. The number of nitrogens with zero attached hydrogens (tertiary/aromatic N) is 7. The highest BCUT2D eigenvalue weighted by Gasteiger charge is 2.36. The minimum Gasteiger partial charge on any atom is -0.611 e. The van der Waals surface area contributed by atoms with Gasteiger partial charge in [0.15, 0.2) is 27.9 Å². The standard InChI is InChI=1S/C18H13F6N7OS/c1-3-33(32)11-4-5-12(31-8-26-16(29-31)18(22,23)24)28-13(11)15-27-10-6-9(17(19,20)21)7-25-14(10)30(15)2/h4-8H,3H2,1-2H3. The van der Waals surface area contributed by atoms with Gasteiger partial charge in [-0.2, -0.15) is 26.3 Å². The predicted octanol–water partition coefficient (Wildman–Crippen LogP) is 3.78. The molecule has 4 aromatic heterocycles. The van der Waals surface area contributed by atoms with Gasteiger partial charge in [0.25, 0.3) is 5.82 Å². The van der Waals surface area contributed by atoms with Crippen molar-refractivity contribution in [3.8, 4) is 17.3 Å². The van der Waals surface area contributed by atoms with E-state index >= 15 is 0 Å². The van der Waals surface area contributed by atoms with E-state index in [9.17, 15) is 30.9 Å². The number of rotatable bonds is 4. The molecular weight excluding hydrogens is 476 g/mol. The number of alkyl halides is 6. The third kappa shape index (κ3) is 4.25. The Balaban J connectivity index is 1.89. The molecule has 0 aromatic carbocycles. The fourth-order valence-corrected chi connectivity index (χ4v) is 3.89. The molecule has 0 amide bonds. The van der Waals surface area contributed by atoms with Gasteiger partial charge in [-0.25, -0.2) is 24.6 Å². The number of fused-ring (bicyclic) bond motifs is 1. The van der Waals surface area contributed by atoms with Crippen LogP contribution in [-0.2, 0) is 30.6 Å². The smallest absolute Gasteiger partial charge is 0.453 e. The lowest BCUT2D eigenvalue weighted by molar-refractivity contribution is -0.144. The molecular formula is C18H13F6N7OS. The van der Waals surface area contributed by atoms with Crippen molar-refractivity contribution < 1.29 is 30.9 Å². The van der Waals surface area contributed by atoms with E-state index in [0.717, 1.165) is 17.1 Å². The highest BCUT2D eigenvalue weighted by atomic mass is 32.2. The van der Waals surface area contributed by atoms with Gasteiger partial charge in [0.05, 0.1) is 5.56 Å². The van der Waals surface area contributed by atoms with Crippen molar-refractivity contribution in [1.82, 2.24) is 34.3 Å². The fourth-order valence-electron chi connectivity index (χ4n) is 3.01. The number of halogens is 6. The van der Waals surface area contributed by atoms with Crippen LogP contribution < -0.4 is 0 Å². The Kier molecular flexibility index (Phi) is 5.56. The van der Waals surface area contributed by atoms with Gasteiger partial charge >= 0.3 is 12.4 Å². The number of hydrogen-bond donors (Lipinski definition) is 0. The van der Waals surface area contributed by atoms with Gasteiger partial charge in [-0.1, -0.05) is 0 Å². The van der Waals surface area contributed by atoms with Crippen LogP contribution in [0.2, 0.25) is 0 Å². The van der Waals surface area contributed by atoms with Crippen LogP contribution in [0.5, 0.6) is 0 Å². The van der Waals surface area contributed by atoms with Crippen molar-refractivity contribution in [1.29, 1.82) is 0 Å². The SMILES string of the molecule is CC[S+]([O-])c1ccc(-n2cnc(C(F)(F)F)n2)nc1-c1nc2cc(C(F)(F)F)cnc2n1C. The van der Waals surface area contributed by atoms with Crippen molar-refractivity contribution in [3.05, 3.63) is 42.1 Å². The maximum absolute atomic E-state index is 13.1. The second-order valence-electron chi connectivity index (χ2n) is 6.72. The summed E-state index contributed by atoms with van der Waals surface area (Å²) in [5, 5.41) is 3.36. The van der Waals surface area contributed by atoms with E-state index in [1.807, 2.05) is 0 Å². The number of aryl methyl sites for hydroxylation is 1. The zero-order valence-corrected chi connectivity index (χ0v) is 17.6. The fraction of sp³-hybridized carbons (Fsp3) is 0.278. The van der Waals surface area contributed by atoms with Gasteiger partial charge in [0.1, 0.15) is 17.6 Å². The Morgan fingerprint density at radius 3 is 2.36 bits per heavy atom. The number of hydrogen-bond acceptors (Lipinski definition) is 6. The molecule has 0 spiro atoms. The van der Waals surface area contributed by atoms with E-state index in [2.05, 4.69) is 25.0 Å². The topological polar surface area (TPSA) is 97.4 Å². The zero-order chi connectivity index (χ0) is 24.1. The maximum Gasteiger partial charge on any atom is 0.453 e. The third-order valence-electron chi connectivity index (χ3n) is 4.58. The Morgan fingerprint density at radius 1 is 1.03 bits per heavy atom. The molecule has 4 rings (SSSR count). The average Bonchev–Trinajstić information content (AvgIpc) is 3.37. The van der Waals surface area contributed by atoms with Crippen LogP contribution >= 0.6 is 0 Å². The van der Waals surface area contributed by atoms with Gasteiger partial charge < -0.3 is 9.12 Å². The molecule has 174 valence electrons. The van der Waals surface area contributed by atoms with E-state index in [-0.39, 0.29) is 39.1 Å².